The molecular formula is C44H55NO16. The van der Waals surface area contributed by atoms with E-state index < -0.39 is 86.2 Å². The highest BCUT2D eigenvalue weighted by Crippen LogP contribution is 2.57. The van der Waals surface area contributed by atoms with Crippen molar-refractivity contribution in [1.29, 1.82) is 0 Å². The number of esters is 1. The number of aliphatic hydroxyl groups is 8. The highest BCUT2D eigenvalue weighted by atomic mass is 16.7. The molecule has 4 heterocycles. The number of amides is 1. The van der Waals surface area contributed by atoms with E-state index in [1.165, 1.54) is 56.4 Å². The molecule has 0 aliphatic carbocycles. The number of carbonyl (C=O) groups excluding carboxylic acids is 2. The highest BCUT2D eigenvalue weighted by Gasteiger charge is 2.54. The molecule has 61 heavy (non-hydrogen) atoms. The van der Waals surface area contributed by atoms with E-state index in [-0.39, 0.29) is 34.5 Å². The minimum atomic E-state index is -1.70. The number of unbranched alkanes of at least 4 members (excludes halogenated alkanes) is 8. The van der Waals surface area contributed by atoms with Crippen LogP contribution in [0.15, 0.2) is 54.6 Å². The first kappa shape index (κ1) is 44.6. The minimum absolute atomic E-state index is 0.0602. The van der Waals surface area contributed by atoms with Crippen molar-refractivity contribution in [3.05, 3.63) is 76.9 Å². The first-order chi connectivity index (χ1) is 29.4. The van der Waals surface area contributed by atoms with Gasteiger partial charge in [-0.05, 0) is 42.8 Å². The van der Waals surface area contributed by atoms with Gasteiger partial charge in [0.05, 0.1) is 18.8 Å². The Kier molecular flexibility index (Phi) is 14.1. The van der Waals surface area contributed by atoms with Crippen LogP contribution in [0.2, 0.25) is 0 Å². The summed E-state index contributed by atoms with van der Waals surface area (Å²) in [6.45, 7) is 0.863. The average Bonchev–Trinajstić information content (AvgIpc) is 3.54. The molecule has 2 fully saturated rings. The van der Waals surface area contributed by atoms with Crippen LogP contribution >= 0.6 is 0 Å². The van der Waals surface area contributed by atoms with Gasteiger partial charge in [0.2, 0.25) is 18.5 Å². The summed E-state index contributed by atoms with van der Waals surface area (Å²) in [5.41, 5.74) is 0.106. The Labute approximate surface area is 352 Å². The number of carbonyl (C=O) groups is 2. The third-order valence-electron chi connectivity index (χ3n) is 11.7. The second-order valence-corrected chi connectivity index (χ2v) is 16.0. The van der Waals surface area contributed by atoms with Gasteiger partial charge in [-0.1, -0.05) is 64.4 Å². The molecule has 17 nitrogen and oxygen atoms in total. The van der Waals surface area contributed by atoms with Gasteiger partial charge in [-0.2, -0.15) is 0 Å². The zero-order valence-corrected chi connectivity index (χ0v) is 33.8. The summed E-state index contributed by atoms with van der Waals surface area (Å²) in [5, 5.41) is 84.7. The van der Waals surface area contributed by atoms with Gasteiger partial charge in [0.15, 0.2) is 5.60 Å². The number of aliphatic hydroxyl groups excluding tert-OH is 8. The number of hydrogen-bond donors (Lipinski definition) is 9. The molecule has 7 rings (SSSR count). The van der Waals surface area contributed by atoms with Gasteiger partial charge in [-0.25, -0.2) is 4.79 Å². The van der Waals surface area contributed by atoms with Crippen molar-refractivity contribution in [3.8, 4) is 23.0 Å². The molecule has 1 amide bonds. The normalized spacial score (nSPS) is 30.1. The topological polar surface area (TPSA) is 263 Å². The fraction of sp³-hybridized carbons (Fsp3) is 0.545. The van der Waals surface area contributed by atoms with Crippen LogP contribution in [-0.4, -0.2) is 127 Å². The van der Waals surface area contributed by atoms with Crippen LogP contribution in [-0.2, 0) is 24.6 Å². The number of rotatable bonds is 17. The lowest BCUT2D eigenvalue weighted by molar-refractivity contribution is -0.277. The average molecular weight is 854 g/mol. The lowest BCUT2D eigenvalue weighted by Crippen LogP contribution is -2.60. The molecule has 2 saturated heterocycles. The summed E-state index contributed by atoms with van der Waals surface area (Å²) in [6.07, 6.45) is -5.07. The second kappa shape index (κ2) is 19.3. The van der Waals surface area contributed by atoms with Crippen LogP contribution in [0.3, 0.4) is 0 Å². The fourth-order valence-electron chi connectivity index (χ4n) is 8.33. The van der Waals surface area contributed by atoms with Crippen molar-refractivity contribution in [2.24, 2.45) is 0 Å². The van der Waals surface area contributed by atoms with Gasteiger partial charge < -0.3 is 74.6 Å². The summed E-state index contributed by atoms with van der Waals surface area (Å²) >= 11 is 0. The Morgan fingerprint density at radius 1 is 0.639 bits per heavy atom. The molecule has 0 bridgehead atoms. The summed E-state index contributed by atoms with van der Waals surface area (Å²) < 4.78 is 35.5. The smallest absolute Gasteiger partial charge is 0.340 e. The zero-order valence-electron chi connectivity index (χ0n) is 33.8. The minimum Gasteiger partial charge on any atom is -0.462 e. The molecule has 0 saturated carbocycles. The predicted octanol–water partition coefficient (Wildman–Crippen LogP) is 2.47. The number of fused-ring (bicyclic) bond motifs is 6. The summed E-state index contributed by atoms with van der Waals surface area (Å²) in [4.78, 5) is 26.8. The summed E-state index contributed by atoms with van der Waals surface area (Å²) in [7, 11) is 0. The van der Waals surface area contributed by atoms with Crippen LogP contribution < -0.4 is 19.5 Å². The lowest BCUT2D eigenvalue weighted by atomic mass is 9.77. The maximum atomic E-state index is 13.9. The van der Waals surface area contributed by atoms with E-state index in [2.05, 4.69) is 12.2 Å². The van der Waals surface area contributed by atoms with E-state index in [9.17, 15) is 50.4 Å². The SMILES string of the molecule is CCCCCCCCCCCC(=O)Nc1ccc2c(c1)C(=O)OC21c2ccc(OC3OC(CO)C(O)C(O)C3O)cc2Oc2cc(OC3OC(CO)C(O)C(O)C3O)ccc21. The highest BCUT2D eigenvalue weighted by molar-refractivity contribution is 5.99. The van der Waals surface area contributed by atoms with Crippen molar-refractivity contribution >= 4 is 17.6 Å². The van der Waals surface area contributed by atoms with Crippen molar-refractivity contribution in [3.63, 3.8) is 0 Å². The van der Waals surface area contributed by atoms with E-state index in [4.69, 9.17) is 28.4 Å². The fourth-order valence-corrected chi connectivity index (χ4v) is 8.33. The van der Waals surface area contributed by atoms with Gasteiger partial charge in [-0.3, -0.25) is 4.79 Å². The van der Waals surface area contributed by atoms with E-state index in [1.807, 2.05) is 0 Å². The molecule has 3 aromatic carbocycles. The van der Waals surface area contributed by atoms with Gasteiger partial charge in [0.25, 0.3) is 0 Å². The lowest BCUT2D eigenvalue weighted by Gasteiger charge is -2.40. The van der Waals surface area contributed by atoms with Crippen molar-refractivity contribution in [2.75, 3.05) is 18.5 Å². The molecule has 9 N–H and O–H groups in total. The van der Waals surface area contributed by atoms with Crippen LogP contribution in [0, 0.1) is 0 Å². The maximum absolute atomic E-state index is 13.9. The monoisotopic (exact) mass is 853 g/mol. The van der Waals surface area contributed by atoms with Gasteiger partial charge in [-0.15, -0.1) is 0 Å². The zero-order chi connectivity index (χ0) is 43.4. The molecule has 1 spiro atoms. The molecule has 0 radical (unpaired) electrons. The molecule has 332 valence electrons. The molecule has 17 heteroatoms. The summed E-state index contributed by atoms with van der Waals surface area (Å²) in [5.74, 6) is -0.524. The molecule has 4 aliphatic heterocycles. The molecular weight excluding hydrogens is 798 g/mol. The Balaban J connectivity index is 1.16. The molecule has 10 atom stereocenters. The second-order valence-electron chi connectivity index (χ2n) is 16.0. The van der Waals surface area contributed by atoms with Crippen molar-refractivity contribution < 1.29 is 78.9 Å². The molecule has 3 aromatic rings. The molecule has 0 aromatic heterocycles. The Morgan fingerprint density at radius 3 is 1.64 bits per heavy atom. The Bertz CT molecular complexity index is 1920. The standard InChI is InChI=1S/C44H55NO16/c1-2-3-4-5-6-7-8-9-10-11-34(48)45-23-12-15-27-26(18-23)41(55)61-44(27)28-16-13-24(56-42-39(53)37(51)35(49)32(21-46)59-42)19-30(28)58-31-20-25(14-17-29(31)44)57-43-40(54)38(52)36(50)33(22-47)60-43/h12-20,32-33,35-40,42-43,46-47,49-54H,2-11,21-22H2,1H3,(H,45,48). The Hall–Kier alpha value is -4.40. The Morgan fingerprint density at radius 2 is 1.13 bits per heavy atom. The quantitative estimate of drug-likeness (QED) is 0.0698. The first-order valence-electron chi connectivity index (χ1n) is 21.0. The van der Waals surface area contributed by atoms with Crippen molar-refractivity contribution in [1.82, 2.24) is 0 Å². The van der Waals surface area contributed by atoms with Crippen LogP contribution in [0.1, 0.15) is 98.2 Å². The third kappa shape index (κ3) is 9.08. The predicted molar refractivity (Wildman–Crippen MR) is 214 cm³/mol. The van der Waals surface area contributed by atoms with Gasteiger partial charge in [0, 0.05) is 40.9 Å². The van der Waals surface area contributed by atoms with E-state index in [1.54, 1.807) is 30.3 Å². The third-order valence-corrected chi connectivity index (χ3v) is 11.7. The van der Waals surface area contributed by atoms with Crippen molar-refractivity contribution in [2.45, 2.75) is 138 Å². The first-order valence-corrected chi connectivity index (χ1v) is 21.0. The largest absolute Gasteiger partial charge is 0.462 e. The van der Waals surface area contributed by atoms with Crippen LogP contribution in [0.5, 0.6) is 23.0 Å². The van der Waals surface area contributed by atoms with Crippen LogP contribution in [0.25, 0.3) is 0 Å². The number of anilines is 1. The number of ether oxygens (including phenoxy) is 6. The summed E-state index contributed by atoms with van der Waals surface area (Å²) in [6, 6.07) is 13.9. The number of nitrogens with one attached hydrogen (secondary N) is 1. The van der Waals surface area contributed by atoms with E-state index in [0.29, 0.717) is 28.8 Å². The van der Waals surface area contributed by atoms with E-state index >= 15 is 0 Å². The number of benzene rings is 3. The maximum Gasteiger partial charge on any atom is 0.340 e. The molecule has 4 aliphatic rings. The van der Waals surface area contributed by atoms with E-state index in [0.717, 1.165) is 25.7 Å². The van der Waals surface area contributed by atoms with Crippen LogP contribution in [0.4, 0.5) is 5.69 Å². The molecule has 10 unspecified atom stereocenters. The van der Waals surface area contributed by atoms with Gasteiger partial charge in [0.1, 0.15) is 71.8 Å². The number of hydrogen-bond acceptors (Lipinski definition) is 16. The van der Waals surface area contributed by atoms with Gasteiger partial charge >= 0.3 is 5.97 Å².